The highest BCUT2D eigenvalue weighted by Crippen LogP contribution is 2.29. The number of rotatable bonds is 11. The monoisotopic (exact) mass is 608 g/mol. The van der Waals surface area contributed by atoms with E-state index in [1.165, 1.54) is 36.0 Å². The molecule has 1 atom stereocenters. The van der Waals surface area contributed by atoms with Crippen LogP contribution in [-0.4, -0.2) is 27.9 Å². The number of para-hydroxylation sites is 1. The molecule has 0 spiro atoms. The van der Waals surface area contributed by atoms with Crippen LogP contribution in [0.15, 0.2) is 108 Å². The van der Waals surface area contributed by atoms with Crippen LogP contribution in [0, 0.1) is 24.0 Å². The van der Waals surface area contributed by atoms with Gasteiger partial charge in [0.1, 0.15) is 5.70 Å². The number of nitro groups is 1. The molecular weight excluding hydrogens is 576 g/mol. The Morgan fingerprint density at radius 1 is 0.886 bits per heavy atom. The largest absolute Gasteiger partial charge is 0.325 e. The zero-order valence-electron chi connectivity index (χ0n) is 24.5. The third kappa shape index (κ3) is 8.42. The number of nitrogens with zero attached hydrogens (tertiary/aromatic N) is 1. The maximum absolute atomic E-state index is 13.5. The van der Waals surface area contributed by atoms with Gasteiger partial charge in [0.15, 0.2) is 0 Å². The van der Waals surface area contributed by atoms with Crippen LogP contribution in [0.1, 0.15) is 40.4 Å². The van der Waals surface area contributed by atoms with E-state index < -0.39 is 16.7 Å². The van der Waals surface area contributed by atoms with Gasteiger partial charge in [-0.15, -0.1) is 11.8 Å². The Morgan fingerprint density at radius 3 is 2.34 bits per heavy atom. The second kappa shape index (κ2) is 14.8. The lowest BCUT2D eigenvalue weighted by Crippen LogP contribution is -2.30. The molecular formula is C34H32N4O5S. The zero-order valence-corrected chi connectivity index (χ0v) is 25.3. The summed E-state index contributed by atoms with van der Waals surface area (Å²) < 4.78 is 0. The molecule has 4 aromatic rings. The molecule has 0 aliphatic carbocycles. The number of nitro benzene ring substituents is 1. The number of benzene rings is 4. The third-order valence-electron chi connectivity index (χ3n) is 6.65. The van der Waals surface area contributed by atoms with Crippen molar-refractivity contribution in [1.82, 2.24) is 5.32 Å². The number of nitrogens with one attached hydrogen (secondary N) is 3. The molecule has 0 radical (unpaired) electrons. The number of carbonyl (C=O) groups is 3. The topological polar surface area (TPSA) is 130 Å². The number of amides is 3. The van der Waals surface area contributed by atoms with Gasteiger partial charge in [0.25, 0.3) is 17.5 Å². The summed E-state index contributed by atoms with van der Waals surface area (Å²) in [6, 6.07) is 27.2. The maximum atomic E-state index is 13.5. The van der Waals surface area contributed by atoms with Crippen LogP contribution in [0.3, 0.4) is 0 Å². The van der Waals surface area contributed by atoms with E-state index in [0.717, 1.165) is 21.7 Å². The van der Waals surface area contributed by atoms with Gasteiger partial charge in [0, 0.05) is 27.9 Å². The molecule has 0 saturated carbocycles. The van der Waals surface area contributed by atoms with Gasteiger partial charge in [-0.3, -0.25) is 24.5 Å². The van der Waals surface area contributed by atoms with E-state index in [4.69, 9.17) is 0 Å². The van der Waals surface area contributed by atoms with Crippen LogP contribution in [0.25, 0.3) is 6.08 Å². The Labute approximate surface area is 259 Å². The predicted octanol–water partition coefficient (Wildman–Crippen LogP) is 7.13. The molecule has 0 heterocycles. The molecule has 3 amide bonds. The number of carbonyl (C=O) groups excluding carboxylic acids is 3. The predicted molar refractivity (Wildman–Crippen MR) is 175 cm³/mol. The summed E-state index contributed by atoms with van der Waals surface area (Å²) in [7, 11) is 0. The van der Waals surface area contributed by atoms with Gasteiger partial charge in [-0.1, -0.05) is 55.5 Å². The standard InChI is InChI=1S/C34H32N4O5S/c1-4-31(34(41)36-28-19-22(2)17-18-23(28)3)44-27-15-10-14-26(21-27)35-33(40)29(37-32(39)24-11-6-5-7-12-24)20-25-13-8-9-16-30(25)38(42)43/h5-21,31H,4H2,1-3H3,(H,35,40)(H,36,41)(H,37,39)/b29-20+. The Balaban J connectivity index is 1.55. The molecule has 3 N–H and O–H groups in total. The number of thioether (sulfide) groups is 1. The SMILES string of the molecule is CCC(Sc1cccc(NC(=O)/C(=C\c2ccccc2[N+](=O)[O-])NC(=O)c2ccccc2)c1)C(=O)Nc1cc(C)ccc1C. The van der Waals surface area contributed by atoms with Crippen LogP contribution in [0.4, 0.5) is 17.1 Å². The summed E-state index contributed by atoms with van der Waals surface area (Å²) in [5.74, 6) is -1.34. The Kier molecular flexibility index (Phi) is 10.7. The van der Waals surface area contributed by atoms with Crippen molar-refractivity contribution in [2.75, 3.05) is 10.6 Å². The lowest BCUT2D eigenvalue weighted by molar-refractivity contribution is -0.385. The second-order valence-electron chi connectivity index (χ2n) is 10.00. The van der Waals surface area contributed by atoms with E-state index in [0.29, 0.717) is 17.7 Å². The van der Waals surface area contributed by atoms with E-state index in [9.17, 15) is 24.5 Å². The van der Waals surface area contributed by atoms with Crippen LogP contribution in [-0.2, 0) is 9.59 Å². The van der Waals surface area contributed by atoms with Crippen molar-refractivity contribution < 1.29 is 19.3 Å². The molecule has 0 aliphatic rings. The Bertz CT molecular complexity index is 1720. The number of hydrogen-bond acceptors (Lipinski definition) is 6. The fraction of sp³-hybridized carbons (Fsp3) is 0.147. The van der Waals surface area contributed by atoms with E-state index >= 15 is 0 Å². The molecule has 0 aromatic heterocycles. The lowest BCUT2D eigenvalue weighted by atomic mass is 10.1. The molecule has 224 valence electrons. The van der Waals surface area contributed by atoms with Crippen LogP contribution >= 0.6 is 11.8 Å². The van der Waals surface area contributed by atoms with Crippen molar-refractivity contribution in [2.45, 2.75) is 37.3 Å². The van der Waals surface area contributed by atoms with Gasteiger partial charge in [0.05, 0.1) is 15.7 Å². The normalized spacial score (nSPS) is 11.8. The van der Waals surface area contributed by atoms with Crippen molar-refractivity contribution in [3.05, 3.63) is 135 Å². The summed E-state index contributed by atoms with van der Waals surface area (Å²) in [4.78, 5) is 51.4. The van der Waals surface area contributed by atoms with Gasteiger partial charge in [-0.05, 0) is 79.9 Å². The summed E-state index contributed by atoms with van der Waals surface area (Å²) in [6.45, 7) is 5.84. The van der Waals surface area contributed by atoms with Gasteiger partial charge in [-0.2, -0.15) is 0 Å². The Hall–Kier alpha value is -5.22. The first-order valence-corrected chi connectivity index (χ1v) is 14.8. The van der Waals surface area contributed by atoms with Crippen LogP contribution in [0.5, 0.6) is 0 Å². The fourth-order valence-electron chi connectivity index (χ4n) is 4.29. The lowest BCUT2D eigenvalue weighted by Gasteiger charge is -2.17. The average molecular weight is 609 g/mol. The third-order valence-corrected chi connectivity index (χ3v) is 8.00. The second-order valence-corrected chi connectivity index (χ2v) is 11.3. The number of hydrogen-bond donors (Lipinski definition) is 3. The summed E-state index contributed by atoms with van der Waals surface area (Å²) in [5, 5.41) is 19.6. The van der Waals surface area contributed by atoms with Crippen molar-refractivity contribution in [1.29, 1.82) is 0 Å². The zero-order chi connectivity index (χ0) is 31.6. The minimum atomic E-state index is -0.672. The van der Waals surface area contributed by atoms with Crippen molar-refractivity contribution in [3.8, 4) is 0 Å². The van der Waals surface area contributed by atoms with E-state index in [-0.39, 0.29) is 28.1 Å². The van der Waals surface area contributed by atoms with Crippen molar-refractivity contribution >= 4 is 52.6 Å². The average Bonchev–Trinajstić information content (AvgIpc) is 3.02. The van der Waals surface area contributed by atoms with Gasteiger partial charge < -0.3 is 16.0 Å². The van der Waals surface area contributed by atoms with Crippen LogP contribution in [0.2, 0.25) is 0 Å². The highest BCUT2D eigenvalue weighted by Gasteiger charge is 2.21. The smallest absolute Gasteiger partial charge is 0.276 e. The first-order valence-electron chi connectivity index (χ1n) is 13.9. The van der Waals surface area contributed by atoms with Crippen molar-refractivity contribution in [2.24, 2.45) is 0 Å². The number of aryl methyl sites for hydroxylation is 2. The molecule has 0 fully saturated rings. The molecule has 0 bridgehead atoms. The molecule has 44 heavy (non-hydrogen) atoms. The molecule has 10 heteroatoms. The Morgan fingerprint density at radius 2 is 1.61 bits per heavy atom. The highest BCUT2D eigenvalue weighted by molar-refractivity contribution is 8.00. The van der Waals surface area contributed by atoms with Gasteiger partial charge >= 0.3 is 0 Å². The van der Waals surface area contributed by atoms with Gasteiger partial charge in [-0.25, -0.2) is 0 Å². The van der Waals surface area contributed by atoms with E-state index in [1.807, 2.05) is 45.0 Å². The molecule has 9 nitrogen and oxygen atoms in total. The van der Waals surface area contributed by atoms with Crippen molar-refractivity contribution in [3.63, 3.8) is 0 Å². The molecule has 1 unspecified atom stereocenters. The van der Waals surface area contributed by atoms with E-state index in [1.54, 1.807) is 54.6 Å². The minimum absolute atomic E-state index is 0.126. The summed E-state index contributed by atoms with van der Waals surface area (Å²) in [5.41, 5.74) is 3.29. The molecule has 4 rings (SSSR count). The fourth-order valence-corrected chi connectivity index (χ4v) is 5.30. The molecule has 4 aromatic carbocycles. The summed E-state index contributed by atoms with van der Waals surface area (Å²) in [6.07, 6.45) is 1.85. The van der Waals surface area contributed by atoms with Gasteiger partial charge in [0.2, 0.25) is 5.91 Å². The quantitative estimate of drug-likeness (QED) is 0.0719. The summed E-state index contributed by atoms with van der Waals surface area (Å²) >= 11 is 1.37. The first-order chi connectivity index (χ1) is 21.1. The van der Waals surface area contributed by atoms with E-state index in [2.05, 4.69) is 16.0 Å². The van der Waals surface area contributed by atoms with Crippen LogP contribution < -0.4 is 16.0 Å². The highest BCUT2D eigenvalue weighted by atomic mass is 32.2. The molecule has 0 aliphatic heterocycles. The molecule has 0 saturated heterocycles. The minimum Gasteiger partial charge on any atom is -0.325 e. The first kappa shape index (κ1) is 31.7. The maximum Gasteiger partial charge on any atom is 0.276 e. The number of anilines is 2.